The highest BCUT2D eigenvalue weighted by Crippen LogP contribution is 2.13. The average Bonchev–Trinajstić information content (AvgIpc) is 2.40. The van der Waals surface area contributed by atoms with Crippen LogP contribution < -0.4 is 10.6 Å². The molecule has 0 aliphatic rings. The van der Waals surface area contributed by atoms with E-state index in [1.807, 2.05) is 42.5 Å². The number of nitrogens with one attached hydrogen (secondary N) is 2. The molecule has 0 amide bonds. The van der Waals surface area contributed by atoms with Crippen LogP contribution in [0, 0.1) is 0 Å². The van der Waals surface area contributed by atoms with Crippen molar-refractivity contribution in [1.29, 1.82) is 0 Å². The molecule has 0 fully saturated rings. The third-order valence-electron chi connectivity index (χ3n) is 2.26. The van der Waals surface area contributed by atoms with Gasteiger partial charge in [-0.2, -0.15) is 0 Å². The number of rotatable bonds is 3. The lowest BCUT2D eigenvalue weighted by atomic mass is 10.3. The maximum Gasteiger partial charge on any atom is 0.171 e. The quantitative estimate of drug-likeness (QED) is 0.850. The van der Waals surface area contributed by atoms with Gasteiger partial charge in [-0.05, 0) is 48.6 Å². The van der Waals surface area contributed by atoms with Crippen molar-refractivity contribution >= 4 is 38.9 Å². The minimum atomic E-state index is 0.586. The molecule has 18 heavy (non-hydrogen) atoms. The Morgan fingerprint density at radius 1 is 1.17 bits per heavy atom. The third kappa shape index (κ3) is 4.09. The van der Waals surface area contributed by atoms with Gasteiger partial charge in [0, 0.05) is 16.4 Å². The lowest BCUT2D eigenvalue weighted by Crippen LogP contribution is -2.28. The second-order valence-electron chi connectivity index (χ2n) is 3.64. The summed E-state index contributed by atoms with van der Waals surface area (Å²) in [4.78, 5) is 4.21. The van der Waals surface area contributed by atoms with Crippen molar-refractivity contribution in [3.8, 4) is 0 Å². The van der Waals surface area contributed by atoms with Gasteiger partial charge in [0.15, 0.2) is 5.11 Å². The van der Waals surface area contributed by atoms with E-state index in [0.717, 1.165) is 15.9 Å². The number of hydrogen-bond acceptors (Lipinski definition) is 2. The number of aromatic nitrogens is 1. The van der Waals surface area contributed by atoms with Crippen LogP contribution in [-0.2, 0) is 6.54 Å². The van der Waals surface area contributed by atoms with Crippen LogP contribution in [0.1, 0.15) is 5.69 Å². The fourth-order valence-corrected chi connectivity index (χ4v) is 1.84. The van der Waals surface area contributed by atoms with Crippen LogP contribution in [0.4, 0.5) is 5.69 Å². The van der Waals surface area contributed by atoms with Gasteiger partial charge in [0.05, 0.1) is 12.2 Å². The van der Waals surface area contributed by atoms with Crippen LogP contribution in [0.5, 0.6) is 0 Å². The van der Waals surface area contributed by atoms with Crippen LogP contribution in [0.15, 0.2) is 53.1 Å². The average molecular weight is 322 g/mol. The molecule has 1 heterocycles. The van der Waals surface area contributed by atoms with Crippen molar-refractivity contribution in [3.05, 3.63) is 58.8 Å². The van der Waals surface area contributed by atoms with Gasteiger partial charge in [-0.3, -0.25) is 4.98 Å². The first-order valence-corrected chi connectivity index (χ1v) is 6.64. The molecule has 2 aromatic rings. The van der Waals surface area contributed by atoms with E-state index in [0.29, 0.717) is 11.7 Å². The Morgan fingerprint density at radius 2 is 1.94 bits per heavy atom. The number of thiocarbonyl (C=S) groups is 1. The molecule has 1 aromatic carbocycles. The van der Waals surface area contributed by atoms with E-state index in [-0.39, 0.29) is 0 Å². The monoisotopic (exact) mass is 321 g/mol. The number of benzene rings is 1. The van der Waals surface area contributed by atoms with Crippen molar-refractivity contribution in [2.24, 2.45) is 0 Å². The van der Waals surface area contributed by atoms with Gasteiger partial charge in [0.2, 0.25) is 0 Å². The SMILES string of the molecule is S=C(NCc1ccccn1)Nc1ccc(Br)cc1. The summed E-state index contributed by atoms with van der Waals surface area (Å²) in [5.74, 6) is 0. The third-order valence-corrected chi connectivity index (χ3v) is 3.03. The molecular weight excluding hydrogens is 310 g/mol. The minimum Gasteiger partial charge on any atom is -0.357 e. The smallest absolute Gasteiger partial charge is 0.171 e. The summed E-state index contributed by atoms with van der Waals surface area (Å²) in [6.45, 7) is 0.614. The molecule has 0 radical (unpaired) electrons. The van der Waals surface area contributed by atoms with Crippen LogP contribution in [-0.4, -0.2) is 10.1 Å². The highest BCUT2D eigenvalue weighted by atomic mass is 79.9. The van der Waals surface area contributed by atoms with E-state index in [1.165, 1.54) is 0 Å². The van der Waals surface area contributed by atoms with Gasteiger partial charge in [-0.1, -0.05) is 22.0 Å². The fourth-order valence-electron chi connectivity index (χ4n) is 1.38. The first-order chi connectivity index (χ1) is 8.74. The summed E-state index contributed by atoms with van der Waals surface area (Å²) < 4.78 is 1.04. The Kier molecular flexibility index (Phi) is 4.66. The molecule has 2 rings (SSSR count). The summed E-state index contributed by atoms with van der Waals surface area (Å²) in [7, 11) is 0. The normalized spacial score (nSPS) is 9.83. The van der Waals surface area contributed by atoms with E-state index in [1.54, 1.807) is 6.20 Å². The molecule has 0 aliphatic heterocycles. The zero-order chi connectivity index (χ0) is 12.8. The Hall–Kier alpha value is -1.46. The van der Waals surface area contributed by atoms with E-state index in [4.69, 9.17) is 12.2 Å². The molecule has 0 atom stereocenters. The maximum absolute atomic E-state index is 5.21. The molecular formula is C13H12BrN3S. The molecule has 92 valence electrons. The number of nitrogens with zero attached hydrogens (tertiary/aromatic N) is 1. The van der Waals surface area contributed by atoms with Gasteiger partial charge in [-0.15, -0.1) is 0 Å². The van der Waals surface area contributed by atoms with Crippen molar-refractivity contribution < 1.29 is 0 Å². The molecule has 0 aliphatic carbocycles. The lowest BCUT2D eigenvalue weighted by Gasteiger charge is -2.10. The predicted molar refractivity (Wildman–Crippen MR) is 81.4 cm³/mol. The van der Waals surface area contributed by atoms with E-state index in [2.05, 4.69) is 31.5 Å². The Balaban J connectivity index is 1.84. The van der Waals surface area contributed by atoms with Crippen molar-refractivity contribution in [1.82, 2.24) is 10.3 Å². The van der Waals surface area contributed by atoms with Crippen LogP contribution in [0.3, 0.4) is 0 Å². The van der Waals surface area contributed by atoms with Gasteiger partial charge in [0.25, 0.3) is 0 Å². The molecule has 0 saturated carbocycles. The Bertz CT molecular complexity index is 514. The van der Waals surface area contributed by atoms with Crippen LogP contribution in [0.25, 0.3) is 0 Å². The Labute approximate surface area is 120 Å². The van der Waals surface area contributed by atoms with Gasteiger partial charge in [0.1, 0.15) is 0 Å². The second-order valence-corrected chi connectivity index (χ2v) is 4.96. The van der Waals surface area contributed by atoms with E-state index < -0.39 is 0 Å². The van der Waals surface area contributed by atoms with Crippen molar-refractivity contribution in [3.63, 3.8) is 0 Å². The highest BCUT2D eigenvalue weighted by Gasteiger charge is 1.98. The predicted octanol–water partition coefficient (Wildman–Crippen LogP) is 3.33. The van der Waals surface area contributed by atoms with Gasteiger partial charge in [-0.25, -0.2) is 0 Å². The number of anilines is 1. The summed E-state index contributed by atoms with van der Waals surface area (Å²) in [5.41, 5.74) is 1.91. The molecule has 3 nitrogen and oxygen atoms in total. The highest BCUT2D eigenvalue weighted by molar-refractivity contribution is 9.10. The summed E-state index contributed by atoms with van der Waals surface area (Å²) in [5, 5.41) is 6.81. The summed E-state index contributed by atoms with van der Waals surface area (Å²) >= 11 is 8.59. The largest absolute Gasteiger partial charge is 0.357 e. The first-order valence-electron chi connectivity index (χ1n) is 5.44. The molecule has 0 unspecified atom stereocenters. The molecule has 0 saturated heterocycles. The van der Waals surface area contributed by atoms with Crippen LogP contribution >= 0.6 is 28.1 Å². The minimum absolute atomic E-state index is 0.586. The van der Waals surface area contributed by atoms with E-state index >= 15 is 0 Å². The maximum atomic E-state index is 5.21. The van der Waals surface area contributed by atoms with Crippen molar-refractivity contribution in [2.45, 2.75) is 6.54 Å². The lowest BCUT2D eigenvalue weighted by molar-refractivity contribution is 0.882. The molecule has 5 heteroatoms. The zero-order valence-corrected chi connectivity index (χ0v) is 12.0. The zero-order valence-electron chi connectivity index (χ0n) is 9.56. The first kappa shape index (κ1) is 13.0. The van der Waals surface area contributed by atoms with Crippen molar-refractivity contribution in [2.75, 3.05) is 5.32 Å². The fraction of sp³-hybridized carbons (Fsp3) is 0.0769. The van der Waals surface area contributed by atoms with Gasteiger partial charge < -0.3 is 10.6 Å². The number of hydrogen-bond donors (Lipinski definition) is 2. The summed E-state index contributed by atoms with van der Waals surface area (Å²) in [6, 6.07) is 13.6. The molecule has 0 bridgehead atoms. The summed E-state index contributed by atoms with van der Waals surface area (Å²) in [6.07, 6.45) is 1.77. The standard InChI is InChI=1S/C13H12BrN3S/c14-10-4-6-11(7-5-10)17-13(18)16-9-12-3-1-2-8-15-12/h1-8H,9H2,(H2,16,17,18). The van der Waals surface area contributed by atoms with Crippen LogP contribution in [0.2, 0.25) is 0 Å². The molecule has 2 N–H and O–H groups in total. The second kappa shape index (κ2) is 6.47. The topological polar surface area (TPSA) is 37.0 Å². The van der Waals surface area contributed by atoms with E-state index in [9.17, 15) is 0 Å². The molecule has 1 aromatic heterocycles. The number of pyridine rings is 1. The Morgan fingerprint density at radius 3 is 2.61 bits per heavy atom. The number of halogens is 1. The molecule has 0 spiro atoms. The van der Waals surface area contributed by atoms with Gasteiger partial charge >= 0.3 is 0 Å².